The predicted octanol–water partition coefficient (Wildman–Crippen LogP) is 0.444. The van der Waals surface area contributed by atoms with Crippen LogP contribution in [0.15, 0.2) is 0 Å². The molecule has 1 aliphatic heterocycles. The van der Waals surface area contributed by atoms with Crippen LogP contribution in [0.1, 0.15) is 19.3 Å². The smallest absolute Gasteiger partial charge is 0.104 e. The molecule has 2 heteroatoms. The minimum atomic E-state index is 0.333. The van der Waals surface area contributed by atoms with Crippen molar-refractivity contribution >= 4 is 0 Å². The first-order valence-corrected chi connectivity index (χ1v) is 2.82. The molecule has 0 unspecified atom stereocenters. The Bertz CT molecular complexity index is 68.6. The van der Waals surface area contributed by atoms with Crippen molar-refractivity contribution in [1.82, 2.24) is 5.48 Å². The molecule has 0 atom stereocenters. The average molecular weight is 99.1 g/mol. The van der Waals surface area contributed by atoms with E-state index in [1.165, 1.54) is 19.3 Å². The minimum absolute atomic E-state index is 0.333. The minimum Gasteiger partial charge on any atom is -0.294 e. The number of hydrogen-bond acceptors (Lipinski definition) is 2. The van der Waals surface area contributed by atoms with Crippen molar-refractivity contribution in [2.45, 2.75) is 24.9 Å². The highest BCUT2D eigenvalue weighted by Gasteiger charge is 2.44. The molecule has 2 fully saturated rings. The van der Waals surface area contributed by atoms with Crippen LogP contribution in [0, 0.1) is 0 Å². The summed E-state index contributed by atoms with van der Waals surface area (Å²) in [7, 11) is 0. The van der Waals surface area contributed by atoms with Crippen molar-refractivity contribution in [2.75, 3.05) is 6.54 Å². The van der Waals surface area contributed by atoms with E-state index >= 15 is 0 Å². The molecule has 1 saturated heterocycles. The maximum Gasteiger partial charge on any atom is 0.104 e. The fraction of sp³-hybridized carbons (Fsp3) is 1.00. The largest absolute Gasteiger partial charge is 0.294 e. The third-order valence-corrected chi connectivity index (χ3v) is 1.95. The third-order valence-electron chi connectivity index (χ3n) is 1.95. The first-order valence-electron chi connectivity index (χ1n) is 2.82. The van der Waals surface area contributed by atoms with Crippen LogP contribution in [0.5, 0.6) is 0 Å². The second kappa shape index (κ2) is 1.01. The van der Waals surface area contributed by atoms with Crippen molar-refractivity contribution in [1.29, 1.82) is 0 Å². The molecule has 0 aromatic carbocycles. The maximum atomic E-state index is 5.10. The third kappa shape index (κ3) is 0.359. The monoisotopic (exact) mass is 99.1 g/mol. The van der Waals surface area contributed by atoms with Gasteiger partial charge in [-0.1, -0.05) is 0 Å². The average Bonchev–Trinajstić information content (AvgIpc) is 1.20. The summed E-state index contributed by atoms with van der Waals surface area (Å²) in [6, 6.07) is 0. The first-order chi connectivity index (χ1) is 3.41. The summed E-state index contributed by atoms with van der Waals surface area (Å²) in [5.74, 6) is 0. The van der Waals surface area contributed by atoms with Crippen molar-refractivity contribution < 1.29 is 4.84 Å². The molecule has 1 N–H and O–H groups in total. The van der Waals surface area contributed by atoms with Crippen LogP contribution in [-0.4, -0.2) is 12.1 Å². The predicted molar refractivity (Wildman–Crippen MR) is 25.7 cm³/mol. The maximum absolute atomic E-state index is 5.10. The van der Waals surface area contributed by atoms with Gasteiger partial charge in [0.25, 0.3) is 0 Å². The van der Waals surface area contributed by atoms with Crippen LogP contribution in [0.3, 0.4) is 0 Å². The Hall–Kier alpha value is -0.0800. The lowest BCUT2D eigenvalue weighted by Crippen LogP contribution is -2.61. The highest BCUT2D eigenvalue weighted by atomic mass is 16.7. The molecule has 2 rings (SSSR count). The first kappa shape index (κ1) is 3.87. The number of rotatable bonds is 0. The lowest BCUT2D eigenvalue weighted by Gasteiger charge is -2.48. The Balaban J connectivity index is 2.00. The molecule has 7 heavy (non-hydrogen) atoms. The molecule has 0 radical (unpaired) electrons. The van der Waals surface area contributed by atoms with E-state index in [0.29, 0.717) is 5.60 Å². The Morgan fingerprint density at radius 3 is 2.14 bits per heavy atom. The van der Waals surface area contributed by atoms with Crippen LogP contribution in [-0.2, 0) is 4.84 Å². The Kier molecular flexibility index (Phi) is 0.557. The molecule has 0 aromatic rings. The normalized spacial score (nSPS) is 34.3. The molecule has 40 valence electrons. The Labute approximate surface area is 42.8 Å². The van der Waals surface area contributed by atoms with E-state index in [4.69, 9.17) is 4.84 Å². The van der Waals surface area contributed by atoms with Gasteiger partial charge in [-0.05, 0) is 19.3 Å². The van der Waals surface area contributed by atoms with Gasteiger partial charge in [-0.25, -0.2) is 0 Å². The highest BCUT2D eigenvalue weighted by Crippen LogP contribution is 2.38. The highest BCUT2D eigenvalue weighted by molar-refractivity contribution is 4.94. The molecule has 1 saturated carbocycles. The quantitative estimate of drug-likeness (QED) is 0.476. The number of hydrogen-bond donors (Lipinski definition) is 1. The van der Waals surface area contributed by atoms with E-state index in [2.05, 4.69) is 5.48 Å². The zero-order valence-electron chi connectivity index (χ0n) is 4.24. The Morgan fingerprint density at radius 1 is 1.43 bits per heavy atom. The summed E-state index contributed by atoms with van der Waals surface area (Å²) >= 11 is 0. The van der Waals surface area contributed by atoms with Crippen molar-refractivity contribution in [3.05, 3.63) is 0 Å². The second-order valence-electron chi connectivity index (χ2n) is 2.46. The molecule has 2 nitrogen and oxygen atoms in total. The number of nitrogens with one attached hydrogen (secondary N) is 1. The molecule has 0 aromatic heterocycles. The van der Waals surface area contributed by atoms with Gasteiger partial charge in [-0.3, -0.25) is 4.84 Å². The molecule has 1 spiro atoms. The summed E-state index contributed by atoms with van der Waals surface area (Å²) < 4.78 is 0. The van der Waals surface area contributed by atoms with Crippen molar-refractivity contribution in [2.24, 2.45) is 0 Å². The fourth-order valence-corrected chi connectivity index (χ4v) is 1.13. The summed E-state index contributed by atoms with van der Waals surface area (Å²) in [4.78, 5) is 5.10. The van der Waals surface area contributed by atoms with E-state index in [1.54, 1.807) is 0 Å². The van der Waals surface area contributed by atoms with Gasteiger partial charge in [-0.2, -0.15) is 5.48 Å². The molecule has 1 aliphatic carbocycles. The van der Waals surface area contributed by atoms with E-state index in [-0.39, 0.29) is 0 Å². The van der Waals surface area contributed by atoms with E-state index in [0.717, 1.165) is 6.54 Å². The van der Waals surface area contributed by atoms with Crippen LogP contribution in [0.2, 0.25) is 0 Å². The van der Waals surface area contributed by atoms with Crippen LogP contribution in [0.4, 0.5) is 0 Å². The zero-order chi connectivity index (χ0) is 4.74. The van der Waals surface area contributed by atoms with Gasteiger partial charge < -0.3 is 0 Å². The molecule has 0 amide bonds. The van der Waals surface area contributed by atoms with Crippen LogP contribution in [0.25, 0.3) is 0 Å². The van der Waals surface area contributed by atoms with Gasteiger partial charge in [0, 0.05) is 0 Å². The Morgan fingerprint density at radius 2 is 2.14 bits per heavy atom. The fourth-order valence-electron chi connectivity index (χ4n) is 1.13. The van der Waals surface area contributed by atoms with Gasteiger partial charge in [0.15, 0.2) is 0 Å². The standard InChI is InChI=1S/C5H9NO/c1-2-5(3-1)4-6-7-5/h6H,1-4H2. The summed E-state index contributed by atoms with van der Waals surface area (Å²) in [6.45, 7) is 1.09. The summed E-state index contributed by atoms with van der Waals surface area (Å²) in [6.07, 6.45) is 3.92. The van der Waals surface area contributed by atoms with Gasteiger partial charge >= 0.3 is 0 Å². The van der Waals surface area contributed by atoms with Crippen molar-refractivity contribution in [3.63, 3.8) is 0 Å². The van der Waals surface area contributed by atoms with Crippen molar-refractivity contribution in [3.8, 4) is 0 Å². The van der Waals surface area contributed by atoms with E-state index in [1.807, 2.05) is 0 Å². The van der Waals surface area contributed by atoms with Gasteiger partial charge in [0.2, 0.25) is 0 Å². The summed E-state index contributed by atoms with van der Waals surface area (Å²) in [5, 5.41) is 0. The van der Waals surface area contributed by atoms with Crippen LogP contribution < -0.4 is 5.48 Å². The van der Waals surface area contributed by atoms with Gasteiger partial charge in [0.05, 0.1) is 6.54 Å². The van der Waals surface area contributed by atoms with E-state index < -0.39 is 0 Å². The number of hydroxylamine groups is 1. The van der Waals surface area contributed by atoms with Crippen LogP contribution >= 0.6 is 0 Å². The van der Waals surface area contributed by atoms with Gasteiger partial charge in [-0.15, -0.1) is 0 Å². The van der Waals surface area contributed by atoms with E-state index in [9.17, 15) is 0 Å². The molecular weight excluding hydrogens is 90.1 g/mol. The second-order valence-corrected chi connectivity index (χ2v) is 2.46. The summed E-state index contributed by atoms with van der Waals surface area (Å²) in [5.41, 5.74) is 3.14. The molecule has 2 aliphatic rings. The topological polar surface area (TPSA) is 21.3 Å². The zero-order valence-corrected chi connectivity index (χ0v) is 4.24. The lowest BCUT2D eigenvalue weighted by atomic mass is 9.79. The molecule has 0 bridgehead atoms. The SMILES string of the molecule is C1CC2(C1)CNO2. The van der Waals surface area contributed by atoms with Gasteiger partial charge in [0.1, 0.15) is 5.60 Å². The molecular formula is C5H9NO. The lowest BCUT2D eigenvalue weighted by molar-refractivity contribution is -0.240. The molecule has 1 heterocycles.